The molecule has 1 aliphatic carbocycles. The normalized spacial score (nSPS) is 13.3. The monoisotopic (exact) mass is 439 g/mol. The maximum atomic E-state index is 5.96. The summed E-state index contributed by atoms with van der Waals surface area (Å²) < 4.78 is 0. The highest BCUT2D eigenvalue weighted by Crippen LogP contribution is 2.24. The number of nitrogens with zero attached hydrogens (tertiary/aromatic N) is 1. The van der Waals surface area contributed by atoms with E-state index in [0.717, 1.165) is 11.4 Å². The Morgan fingerprint density at radius 1 is 1.09 bits per heavy atom. The van der Waals surface area contributed by atoms with E-state index >= 15 is 0 Å². The molecule has 23 heavy (non-hydrogen) atoms. The van der Waals surface area contributed by atoms with Gasteiger partial charge in [0.25, 0.3) is 0 Å². The van der Waals surface area contributed by atoms with E-state index in [2.05, 4.69) is 52.8 Å². The van der Waals surface area contributed by atoms with Crippen molar-refractivity contribution < 1.29 is 0 Å². The largest absolute Gasteiger partial charge is 0.370 e. The van der Waals surface area contributed by atoms with Gasteiger partial charge in [-0.3, -0.25) is 4.99 Å². The number of hydrogen-bond acceptors (Lipinski definition) is 2. The number of guanidine groups is 1. The molecule has 3 nitrogen and oxygen atoms in total. The molecule has 0 bridgehead atoms. The maximum absolute atomic E-state index is 5.96. The predicted octanol–water partition coefficient (Wildman–Crippen LogP) is 4.31. The first-order valence-electron chi connectivity index (χ1n) is 7.68. The number of hydrogen-bond donors (Lipinski definition) is 2. The number of halogens is 1. The fraction of sp³-hybridized carbons (Fsp3) is 0.278. The molecule has 3 N–H and O–H groups in total. The van der Waals surface area contributed by atoms with E-state index in [-0.39, 0.29) is 24.0 Å². The van der Waals surface area contributed by atoms with Crippen molar-refractivity contribution in [3.05, 3.63) is 59.7 Å². The molecule has 5 heteroatoms. The van der Waals surface area contributed by atoms with Crippen LogP contribution in [0.3, 0.4) is 0 Å². The van der Waals surface area contributed by atoms with Crippen LogP contribution in [0.1, 0.15) is 17.5 Å². The number of benzene rings is 2. The number of aryl methyl sites for hydroxylation is 2. The highest BCUT2D eigenvalue weighted by molar-refractivity contribution is 14.0. The highest BCUT2D eigenvalue weighted by Gasteiger charge is 2.10. The van der Waals surface area contributed by atoms with Crippen molar-refractivity contribution in [3.8, 4) is 0 Å². The Labute approximate surface area is 159 Å². The maximum Gasteiger partial charge on any atom is 0.193 e. The first-order valence-corrected chi connectivity index (χ1v) is 8.66. The summed E-state index contributed by atoms with van der Waals surface area (Å²) in [6.45, 7) is 0.712. The molecule has 3 rings (SSSR count). The van der Waals surface area contributed by atoms with Crippen LogP contribution < -0.4 is 11.1 Å². The van der Waals surface area contributed by atoms with Gasteiger partial charge in [-0.2, -0.15) is 0 Å². The second-order valence-electron chi connectivity index (χ2n) is 5.39. The summed E-state index contributed by atoms with van der Waals surface area (Å²) in [5.41, 5.74) is 9.91. The van der Waals surface area contributed by atoms with Gasteiger partial charge in [0.1, 0.15) is 0 Å². The Morgan fingerprint density at radius 2 is 1.87 bits per heavy atom. The van der Waals surface area contributed by atoms with Crippen LogP contribution in [-0.2, 0) is 12.8 Å². The minimum Gasteiger partial charge on any atom is -0.370 e. The number of fused-ring (bicyclic) bond motifs is 1. The summed E-state index contributed by atoms with van der Waals surface area (Å²) in [7, 11) is 0. The topological polar surface area (TPSA) is 50.4 Å². The Kier molecular flexibility index (Phi) is 7.23. The first kappa shape index (κ1) is 18.1. The molecule has 1 aliphatic rings. The van der Waals surface area contributed by atoms with Gasteiger partial charge in [-0.25, -0.2) is 0 Å². The molecule has 0 saturated carbocycles. The zero-order valence-electron chi connectivity index (χ0n) is 13.0. The van der Waals surface area contributed by atoms with Gasteiger partial charge in [-0.15, -0.1) is 35.7 Å². The molecule has 0 atom stereocenters. The van der Waals surface area contributed by atoms with Crippen LogP contribution in [0.2, 0.25) is 0 Å². The average Bonchev–Trinajstić information content (AvgIpc) is 3.00. The zero-order chi connectivity index (χ0) is 15.2. The number of aliphatic imine (C=N–C) groups is 1. The van der Waals surface area contributed by atoms with Crippen LogP contribution in [0.4, 0.5) is 5.69 Å². The van der Waals surface area contributed by atoms with Crippen molar-refractivity contribution in [1.29, 1.82) is 0 Å². The third-order valence-electron chi connectivity index (χ3n) is 3.76. The summed E-state index contributed by atoms with van der Waals surface area (Å²) in [4.78, 5) is 5.66. The Balaban J connectivity index is 0.00000192. The lowest BCUT2D eigenvalue weighted by Crippen LogP contribution is -2.23. The van der Waals surface area contributed by atoms with E-state index < -0.39 is 0 Å². The van der Waals surface area contributed by atoms with Crippen molar-refractivity contribution in [3.63, 3.8) is 0 Å². The summed E-state index contributed by atoms with van der Waals surface area (Å²) in [5.74, 6) is 1.42. The van der Waals surface area contributed by atoms with Crippen molar-refractivity contribution >= 4 is 47.4 Å². The Hall–Kier alpha value is -1.21. The Morgan fingerprint density at radius 3 is 2.70 bits per heavy atom. The summed E-state index contributed by atoms with van der Waals surface area (Å²) >= 11 is 1.79. The van der Waals surface area contributed by atoms with Crippen LogP contribution in [-0.4, -0.2) is 18.3 Å². The molecule has 0 amide bonds. The molecule has 0 saturated heterocycles. The van der Waals surface area contributed by atoms with Crippen LogP contribution in [0.5, 0.6) is 0 Å². The Bertz CT molecular complexity index is 659. The average molecular weight is 439 g/mol. The molecule has 0 aromatic heterocycles. The number of rotatable bonds is 5. The predicted molar refractivity (Wildman–Crippen MR) is 111 cm³/mol. The number of nitrogens with one attached hydrogen (secondary N) is 1. The molecule has 2 aromatic carbocycles. The van der Waals surface area contributed by atoms with Gasteiger partial charge in [-0.05, 0) is 54.7 Å². The van der Waals surface area contributed by atoms with Crippen molar-refractivity contribution in [2.45, 2.75) is 24.2 Å². The van der Waals surface area contributed by atoms with E-state index in [1.165, 1.54) is 35.3 Å². The minimum atomic E-state index is 0. The number of nitrogens with two attached hydrogens (primary N) is 1. The van der Waals surface area contributed by atoms with Crippen molar-refractivity contribution in [2.75, 3.05) is 17.6 Å². The van der Waals surface area contributed by atoms with Crippen LogP contribution in [0.15, 0.2) is 58.4 Å². The highest BCUT2D eigenvalue weighted by atomic mass is 127. The van der Waals surface area contributed by atoms with E-state index in [0.29, 0.717) is 12.5 Å². The smallest absolute Gasteiger partial charge is 0.193 e. The van der Waals surface area contributed by atoms with E-state index in [1.54, 1.807) is 11.8 Å². The zero-order valence-corrected chi connectivity index (χ0v) is 16.1. The van der Waals surface area contributed by atoms with E-state index in [1.807, 2.05) is 6.07 Å². The molecule has 0 unspecified atom stereocenters. The third-order valence-corrected chi connectivity index (χ3v) is 4.75. The summed E-state index contributed by atoms with van der Waals surface area (Å²) in [6.07, 6.45) is 3.64. The lowest BCUT2D eigenvalue weighted by Gasteiger charge is -2.08. The number of anilines is 1. The van der Waals surface area contributed by atoms with Gasteiger partial charge in [-0.1, -0.05) is 24.3 Å². The molecule has 0 heterocycles. The standard InChI is InChI=1S/C18H21N3S.HI/c19-18(20-11-12-22-17-7-2-1-3-8-17)21-16-10-9-14-5-4-6-15(14)13-16;/h1-3,7-10,13H,4-6,11-12H2,(H3,19,20,21);1H. The van der Waals surface area contributed by atoms with Crippen molar-refractivity contribution in [2.24, 2.45) is 10.7 Å². The molecule has 0 fully saturated rings. The van der Waals surface area contributed by atoms with Gasteiger partial charge in [0.15, 0.2) is 5.96 Å². The van der Waals surface area contributed by atoms with Crippen LogP contribution in [0, 0.1) is 0 Å². The van der Waals surface area contributed by atoms with Crippen molar-refractivity contribution in [1.82, 2.24) is 0 Å². The second kappa shape index (κ2) is 9.17. The van der Waals surface area contributed by atoms with Gasteiger partial charge in [0.05, 0.1) is 6.54 Å². The second-order valence-corrected chi connectivity index (χ2v) is 6.56. The number of thioether (sulfide) groups is 1. The van der Waals surface area contributed by atoms with Crippen LogP contribution >= 0.6 is 35.7 Å². The minimum absolute atomic E-state index is 0. The molecule has 0 spiro atoms. The lowest BCUT2D eigenvalue weighted by molar-refractivity contribution is 0.912. The molecule has 122 valence electrons. The summed E-state index contributed by atoms with van der Waals surface area (Å²) in [6, 6.07) is 16.8. The molecule has 0 radical (unpaired) electrons. The lowest BCUT2D eigenvalue weighted by atomic mass is 10.1. The summed E-state index contributed by atoms with van der Waals surface area (Å²) in [5, 5.41) is 3.19. The molecule has 2 aromatic rings. The van der Waals surface area contributed by atoms with E-state index in [9.17, 15) is 0 Å². The van der Waals surface area contributed by atoms with E-state index in [4.69, 9.17) is 5.73 Å². The third kappa shape index (κ3) is 5.42. The van der Waals surface area contributed by atoms with Gasteiger partial charge in [0.2, 0.25) is 0 Å². The fourth-order valence-electron chi connectivity index (χ4n) is 2.68. The van der Waals surface area contributed by atoms with Gasteiger partial charge >= 0.3 is 0 Å². The van der Waals surface area contributed by atoms with Gasteiger partial charge in [0, 0.05) is 16.3 Å². The molecular formula is C18H22IN3S. The van der Waals surface area contributed by atoms with Gasteiger partial charge < -0.3 is 11.1 Å². The first-order chi connectivity index (χ1) is 10.8. The molecular weight excluding hydrogens is 417 g/mol. The quantitative estimate of drug-likeness (QED) is 0.240. The van der Waals surface area contributed by atoms with Crippen LogP contribution in [0.25, 0.3) is 0 Å². The fourth-order valence-corrected chi connectivity index (χ4v) is 3.45. The molecule has 0 aliphatic heterocycles. The SMILES string of the molecule is I.NC(=NCCSc1ccccc1)Nc1ccc2c(c1)CCC2.